The van der Waals surface area contributed by atoms with Crippen molar-refractivity contribution in [3.05, 3.63) is 234 Å². The standard InChI is InChI=1S/C24H27N7O.2C23H21N5O2.C21H21N7O.C18H18N6O2/c1-15-8-6-7-9-18(15)20-10-16-11-21(26-13-19(16)22(25)29-20)28-17-12-27-31(14-17)24(2,3)23(32)30(4)5;2*1-11-4-12(2)17(8-16(11)13(3)29)20-6-14-7-21(26-10-19(14)22(25)27-20)28-23(30)18-5-15(18)9-24;1-13-5-3-4-6-16(13)18-7-14-8-19(24-10-17(14)21(22)27-18)26-15-9-25-28(11-15)12-20(29)23-2;1-9-2-3-16(25)24(9)15-6-10-5-14(21-8-13(10)17(20)23-15)22-18(26)12-4-11(12)7-19/h6-14H,1-5H3,(H2,25,29)(H,26,28);2*4,6-8,10,15,18H,5H2,1-3H3,(H2,25,27)(H,26,28,30);3-11H,12H2,1-2H3,(H2,22,27)(H,23,29)(H,24,26);5-6,8-9,11-12H,2-4H2,1H3,(H2,20,23)(H,21,22,26)/t;15-,18?;15-,18+;;9-,11-,12+/m.10.0/s1. The van der Waals surface area contributed by atoms with Gasteiger partial charge < -0.3 is 65.5 Å². The van der Waals surface area contributed by atoms with Gasteiger partial charge >= 0.3 is 0 Å². The second-order valence-electron chi connectivity index (χ2n) is 37.7. The molecule has 0 bridgehead atoms. The number of Topliss-reactive ketones (excluding diaryl/α,β-unsaturated/α-hetero) is 2. The Balaban J connectivity index is 0.000000131. The van der Waals surface area contributed by atoms with E-state index in [2.05, 4.69) is 123 Å². The Morgan fingerprint density at radius 1 is 0.442 bits per heavy atom. The smallest absolute Gasteiger partial charge is 0.249 e. The van der Waals surface area contributed by atoms with Gasteiger partial charge in [-0.3, -0.25) is 52.6 Å². The van der Waals surface area contributed by atoms with E-state index in [1.165, 1.54) is 0 Å². The number of hydrogen-bond acceptors (Lipinski definition) is 30. The normalized spacial score (nSPS) is 16.1. The molecule has 742 valence electrons. The summed E-state index contributed by atoms with van der Waals surface area (Å²) in [5, 5.41) is 60.3. The van der Waals surface area contributed by atoms with E-state index >= 15 is 0 Å². The molecule has 1 unspecified atom stereocenters. The minimum Gasteiger partial charge on any atom is -0.383 e. The number of aryl methyl sites for hydroxylation is 6. The van der Waals surface area contributed by atoms with E-state index in [0.717, 1.165) is 123 Å². The van der Waals surface area contributed by atoms with Crippen LogP contribution in [-0.2, 0) is 40.9 Å². The molecule has 4 aliphatic rings. The average molecular weight is 1970 g/mol. The fourth-order valence-corrected chi connectivity index (χ4v) is 17.7. The molecule has 38 nitrogen and oxygen atoms in total. The molecular weight excluding hydrogens is 1860 g/mol. The molecule has 0 spiro atoms. The molecule has 12 aromatic heterocycles. The van der Waals surface area contributed by atoms with Crippen LogP contribution in [0, 0.1) is 111 Å². The van der Waals surface area contributed by atoms with Gasteiger partial charge in [0.05, 0.1) is 100 Å². The summed E-state index contributed by atoms with van der Waals surface area (Å²) in [6.45, 7) is 20.7. The molecule has 1 saturated heterocycles. The fraction of sp³-hybridized carbons (Fsp3) is 0.257. The highest BCUT2D eigenvalue weighted by Crippen LogP contribution is 2.44. The number of nitrogens with zero attached hydrogens (tertiary/aromatic N) is 19. The van der Waals surface area contributed by atoms with Crippen LogP contribution in [0.25, 0.3) is 98.9 Å². The van der Waals surface area contributed by atoms with Gasteiger partial charge in [0.15, 0.2) is 11.6 Å². The molecule has 4 aromatic carbocycles. The van der Waals surface area contributed by atoms with E-state index in [9.17, 15) is 38.4 Å². The molecule has 1 aliphatic heterocycles. The molecule has 3 aliphatic carbocycles. The number of nitrogen functional groups attached to an aromatic ring is 5. The van der Waals surface area contributed by atoms with Gasteiger partial charge in [0, 0.05) is 137 Å². The van der Waals surface area contributed by atoms with Gasteiger partial charge in [0.2, 0.25) is 35.4 Å². The number of carbonyl (C=O) groups excluding carboxylic acids is 8. The summed E-state index contributed by atoms with van der Waals surface area (Å²) in [4.78, 5) is 144. The van der Waals surface area contributed by atoms with E-state index in [1.807, 2.05) is 159 Å². The molecule has 16 N–H and O–H groups in total. The minimum absolute atomic E-state index is 0.00698. The van der Waals surface area contributed by atoms with Crippen LogP contribution in [0.5, 0.6) is 0 Å². The lowest BCUT2D eigenvalue weighted by Gasteiger charge is -2.27. The number of nitriles is 3. The minimum atomic E-state index is -0.803. The molecule has 0 radical (unpaired) electrons. The van der Waals surface area contributed by atoms with Crippen LogP contribution in [0.4, 0.5) is 75.4 Å². The number of anilines is 13. The topological polar surface area (TPSA) is 581 Å². The number of pyridine rings is 10. The van der Waals surface area contributed by atoms with Crippen molar-refractivity contribution in [1.82, 2.24) is 79.6 Å². The molecule has 6 amide bonds. The number of ketones is 2. The summed E-state index contributed by atoms with van der Waals surface area (Å²) in [5.41, 5.74) is 45.6. The van der Waals surface area contributed by atoms with E-state index in [4.69, 9.17) is 44.5 Å². The Bertz CT molecular complexity index is 7980. The maximum atomic E-state index is 12.5. The van der Waals surface area contributed by atoms with Crippen molar-refractivity contribution in [1.29, 1.82) is 15.8 Å². The molecule has 13 heterocycles. The average Bonchev–Trinajstić information content (AvgIpc) is 1.53. The maximum Gasteiger partial charge on any atom is 0.249 e. The number of aromatic nitrogens is 14. The SMILES string of the molecule is CC(=O)c1cc(-c2cc3cc(NC(=O)C4C[C@@H]4C#N)ncc3c(N)n2)c(C)cc1C.CC(=O)c1cc(-c2cc3cc(NC(=O)[C@@H]4C[C@H]4C#N)ncc3c(N)n2)c(C)cc1C.CNC(=O)Cn1cc(Nc2cc3cc(-c4ccccc4C)nc(N)c3cn2)cn1.C[C@H]1CCC(=O)N1c1cc2cc(NC(=O)[C@@H]3C[C@H]3C#N)ncc2c(N)n1.Cc1ccccc1-c1cc2cc(Nc3cnn(C(C)(C)C(=O)N(C)C)c3)ncc2c(N)n1. The van der Waals surface area contributed by atoms with Crippen LogP contribution in [0.2, 0.25) is 0 Å². The van der Waals surface area contributed by atoms with Crippen molar-refractivity contribution >= 4 is 176 Å². The summed E-state index contributed by atoms with van der Waals surface area (Å²) in [6.07, 6.45) is 18.1. The van der Waals surface area contributed by atoms with Crippen LogP contribution in [0.3, 0.4) is 0 Å². The third-order valence-corrected chi connectivity index (χ3v) is 26.2. The zero-order valence-electron chi connectivity index (χ0n) is 83.3. The zero-order chi connectivity index (χ0) is 105. The van der Waals surface area contributed by atoms with Gasteiger partial charge in [-0.15, -0.1) is 0 Å². The summed E-state index contributed by atoms with van der Waals surface area (Å²) >= 11 is 0. The van der Waals surface area contributed by atoms with Crippen molar-refractivity contribution < 1.29 is 38.4 Å². The highest BCUT2D eigenvalue weighted by molar-refractivity contribution is 6.06. The predicted octanol–water partition coefficient (Wildman–Crippen LogP) is 16.2. The Hall–Kier alpha value is -18.7. The molecule has 3 saturated carbocycles. The van der Waals surface area contributed by atoms with Gasteiger partial charge in [-0.2, -0.15) is 26.0 Å². The molecule has 16 aromatic rings. The Morgan fingerprint density at radius 3 is 1.15 bits per heavy atom. The van der Waals surface area contributed by atoms with Gasteiger partial charge in [-0.1, -0.05) is 60.7 Å². The van der Waals surface area contributed by atoms with E-state index < -0.39 is 5.54 Å². The van der Waals surface area contributed by atoms with Gasteiger partial charge in [0.1, 0.15) is 76.1 Å². The first-order valence-corrected chi connectivity index (χ1v) is 47.4. The summed E-state index contributed by atoms with van der Waals surface area (Å²) in [5.74, 6) is 2.66. The van der Waals surface area contributed by atoms with Gasteiger partial charge in [-0.25, -0.2) is 49.8 Å². The van der Waals surface area contributed by atoms with Gasteiger partial charge in [-0.05, 0) is 235 Å². The molecule has 4 fully saturated rings. The number of hydrogen-bond donors (Lipinski definition) is 11. The number of amides is 6. The van der Waals surface area contributed by atoms with Crippen molar-refractivity contribution in [2.45, 2.75) is 126 Å². The number of benzene rings is 4. The van der Waals surface area contributed by atoms with Crippen molar-refractivity contribution in [3.8, 4) is 63.2 Å². The Morgan fingerprint density at radius 2 is 0.796 bits per heavy atom. The zero-order valence-corrected chi connectivity index (χ0v) is 83.3. The van der Waals surface area contributed by atoms with Crippen molar-refractivity contribution in [2.75, 3.05) is 81.3 Å². The lowest BCUT2D eigenvalue weighted by molar-refractivity contribution is -0.137. The van der Waals surface area contributed by atoms with Crippen LogP contribution in [-0.4, -0.2) is 148 Å². The van der Waals surface area contributed by atoms with Crippen molar-refractivity contribution in [2.24, 2.45) is 35.5 Å². The van der Waals surface area contributed by atoms with E-state index in [0.29, 0.717) is 128 Å². The number of nitrogens with two attached hydrogens (primary N) is 5. The number of nitrogens with one attached hydrogen (secondary N) is 6. The molecule has 147 heavy (non-hydrogen) atoms. The third-order valence-electron chi connectivity index (χ3n) is 26.2. The Kier molecular flexibility index (Phi) is 29.1. The summed E-state index contributed by atoms with van der Waals surface area (Å²) < 4.78 is 3.21. The predicted molar refractivity (Wildman–Crippen MR) is 567 cm³/mol. The highest BCUT2D eigenvalue weighted by Gasteiger charge is 2.46. The van der Waals surface area contributed by atoms with E-state index in [-0.39, 0.29) is 95.1 Å². The highest BCUT2D eigenvalue weighted by atomic mass is 16.2. The first kappa shape index (κ1) is 101. The van der Waals surface area contributed by atoms with Crippen LogP contribution >= 0.6 is 0 Å². The summed E-state index contributed by atoms with van der Waals surface area (Å²) in [6, 6.07) is 48.8. The number of likely N-dealkylation sites (N-methyl/N-ethyl adjacent to an activating group) is 2. The number of rotatable bonds is 21. The van der Waals surface area contributed by atoms with Crippen molar-refractivity contribution in [3.63, 3.8) is 0 Å². The van der Waals surface area contributed by atoms with Gasteiger partial charge in [0.25, 0.3) is 0 Å². The second kappa shape index (κ2) is 42.2. The summed E-state index contributed by atoms with van der Waals surface area (Å²) in [7, 11) is 5.06. The fourth-order valence-electron chi connectivity index (χ4n) is 17.7. The van der Waals surface area contributed by atoms with E-state index in [1.54, 1.807) is 134 Å². The lowest BCUT2D eigenvalue weighted by atomic mass is 9.95. The number of carbonyl (C=O) groups is 8. The molecule has 20 rings (SSSR count). The second-order valence-corrected chi connectivity index (χ2v) is 37.7. The molecule has 7 atom stereocenters. The first-order valence-electron chi connectivity index (χ1n) is 47.4. The van der Waals surface area contributed by atoms with Crippen LogP contribution in [0.1, 0.15) is 121 Å². The van der Waals surface area contributed by atoms with Crippen LogP contribution in [0.15, 0.2) is 189 Å². The molecular formula is C109H108N30O8. The number of fused-ring (bicyclic) bond motifs is 5. The lowest BCUT2D eigenvalue weighted by Crippen LogP contribution is -2.44. The maximum absolute atomic E-state index is 12.5. The first-order chi connectivity index (χ1) is 70.2. The monoisotopic (exact) mass is 1960 g/mol. The van der Waals surface area contributed by atoms with Crippen LogP contribution < -0.4 is 65.5 Å². The third kappa shape index (κ3) is 22.6. The molecule has 38 heteroatoms. The quantitative estimate of drug-likeness (QED) is 0.0298. The Labute approximate surface area is 845 Å². The largest absolute Gasteiger partial charge is 0.383 e.